The molecular weight excluding hydrogens is 378 g/mol. The van der Waals surface area contributed by atoms with Gasteiger partial charge in [0.15, 0.2) is 10.1 Å². The number of hydrogen-bond acceptors (Lipinski definition) is 10. The van der Waals surface area contributed by atoms with Crippen LogP contribution in [0.3, 0.4) is 0 Å². The average Bonchev–Trinajstić information content (AvgIpc) is 3.39. The first-order valence-corrected chi connectivity index (χ1v) is 10.1. The molecule has 4 aromatic rings. The zero-order valence-electron chi connectivity index (χ0n) is 12.9. The first-order chi connectivity index (χ1) is 12.4. The molecule has 0 amide bonds. The first kappa shape index (κ1) is 16.3. The van der Waals surface area contributed by atoms with Crippen LogP contribution >= 0.6 is 34.4 Å². The van der Waals surface area contributed by atoms with Crippen LogP contribution in [0, 0.1) is 0 Å². The number of rotatable bonds is 8. The summed E-state index contributed by atoms with van der Waals surface area (Å²) < 4.78 is 11.3. The monoisotopic (exact) mass is 391 g/mol. The highest BCUT2D eigenvalue weighted by Gasteiger charge is 2.12. The van der Waals surface area contributed by atoms with E-state index in [4.69, 9.17) is 8.94 Å². The highest BCUT2D eigenvalue weighted by Crippen LogP contribution is 2.28. The van der Waals surface area contributed by atoms with Crippen molar-refractivity contribution < 1.29 is 8.94 Å². The van der Waals surface area contributed by atoms with Crippen LogP contribution in [0.4, 0.5) is 5.13 Å². The highest BCUT2D eigenvalue weighted by molar-refractivity contribution is 8.00. The smallest absolute Gasteiger partial charge is 0.238 e. The van der Waals surface area contributed by atoms with E-state index in [1.807, 2.05) is 0 Å². The molecule has 0 saturated heterocycles. The van der Waals surface area contributed by atoms with E-state index in [2.05, 4.69) is 43.2 Å². The minimum absolute atomic E-state index is 0.453. The van der Waals surface area contributed by atoms with Crippen molar-refractivity contribution in [3.63, 3.8) is 0 Å². The molecule has 0 aliphatic carbocycles. The van der Waals surface area contributed by atoms with E-state index < -0.39 is 0 Å². The predicted octanol–water partition coefficient (Wildman–Crippen LogP) is 4.19. The Morgan fingerprint density at radius 3 is 3.04 bits per heavy atom. The Balaban J connectivity index is 1.26. The molecule has 7 nitrogen and oxygen atoms in total. The summed E-state index contributed by atoms with van der Waals surface area (Å²) in [5, 5.41) is 18.4. The fourth-order valence-corrected chi connectivity index (χ4v) is 4.35. The lowest BCUT2D eigenvalue weighted by Gasteiger charge is -1.98. The number of nitrogens with zero attached hydrogens (tertiary/aromatic N) is 4. The molecule has 128 valence electrons. The molecule has 0 atom stereocenters. The van der Waals surface area contributed by atoms with Crippen LogP contribution < -0.4 is 5.32 Å². The third kappa shape index (κ3) is 4.27. The largest absolute Gasteiger partial charge is 0.461 e. The molecular formula is C15H13N5O2S3. The number of hydrogen-bond donors (Lipinski definition) is 1. The molecule has 4 aromatic heterocycles. The third-order valence-electron chi connectivity index (χ3n) is 3.16. The van der Waals surface area contributed by atoms with Gasteiger partial charge in [-0.05, 0) is 30.0 Å². The second-order valence-electron chi connectivity index (χ2n) is 4.91. The number of furan rings is 1. The van der Waals surface area contributed by atoms with E-state index in [1.165, 1.54) is 28.0 Å². The maximum atomic E-state index is 5.24. The summed E-state index contributed by atoms with van der Waals surface area (Å²) in [7, 11) is 0. The summed E-state index contributed by atoms with van der Waals surface area (Å²) in [4.78, 5) is 5.66. The molecule has 0 fully saturated rings. The van der Waals surface area contributed by atoms with Crippen LogP contribution in [0.25, 0.3) is 11.6 Å². The third-order valence-corrected chi connectivity index (χ3v) is 6.10. The normalized spacial score (nSPS) is 11.0. The van der Waals surface area contributed by atoms with Crippen molar-refractivity contribution in [3.8, 4) is 11.6 Å². The Hall–Kier alpha value is -2.17. The van der Waals surface area contributed by atoms with Gasteiger partial charge in [-0.2, -0.15) is 4.98 Å². The summed E-state index contributed by atoms with van der Waals surface area (Å²) >= 11 is 4.80. The highest BCUT2D eigenvalue weighted by atomic mass is 32.2. The van der Waals surface area contributed by atoms with Gasteiger partial charge in [0.1, 0.15) is 0 Å². The van der Waals surface area contributed by atoms with Gasteiger partial charge >= 0.3 is 0 Å². The van der Waals surface area contributed by atoms with Gasteiger partial charge in [-0.25, -0.2) is 0 Å². The summed E-state index contributed by atoms with van der Waals surface area (Å²) in [5.41, 5.74) is 0. The lowest BCUT2D eigenvalue weighted by Crippen LogP contribution is -2.03. The van der Waals surface area contributed by atoms with Crippen LogP contribution in [0.2, 0.25) is 0 Å². The van der Waals surface area contributed by atoms with Crippen LogP contribution in [0.1, 0.15) is 10.8 Å². The van der Waals surface area contributed by atoms with E-state index in [9.17, 15) is 0 Å². The number of thioether (sulfide) groups is 1. The lowest BCUT2D eigenvalue weighted by molar-refractivity contribution is 0.390. The van der Waals surface area contributed by atoms with Crippen molar-refractivity contribution in [2.45, 2.75) is 16.5 Å². The maximum absolute atomic E-state index is 5.24. The molecule has 0 radical (unpaired) electrons. The average molecular weight is 392 g/mol. The Morgan fingerprint density at radius 1 is 1.20 bits per heavy atom. The molecule has 10 heteroatoms. The Morgan fingerprint density at radius 2 is 2.20 bits per heavy atom. The van der Waals surface area contributed by atoms with Crippen LogP contribution in [-0.2, 0) is 12.2 Å². The Kier molecular flexibility index (Phi) is 5.09. The minimum Gasteiger partial charge on any atom is -0.461 e. The van der Waals surface area contributed by atoms with Gasteiger partial charge in [0, 0.05) is 11.4 Å². The molecule has 0 unspecified atom stereocenters. The number of thiophene rings is 1. The second kappa shape index (κ2) is 7.81. The minimum atomic E-state index is 0.453. The predicted molar refractivity (Wildman–Crippen MR) is 98.0 cm³/mol. The summed E-state index contributed by atoms with van der Waals surface area (Å²) in [6.07, 6.45) is 2.56. The SMILES string of the molecule is c1coc(-c2noc(CSc3nnc(NCCc4cccs4)s3)n2)c1. The van der Waals surface area contributed by atoms with Crippen LogP contribution in [-0.4, -0.2) is 26.9 Å². The summed E-state index contributed by atoms with van der Waals surface area (Å²) in [5.74, 6) is 2.11. The summed E-state index contributed by atoms with van der Waals surface area (Å²) in [6.45, 7) is 0.843. The molecule has 1 N–H and O–H groups in total. The zero-order valence-corrected chi connectivity index (χ0v) is 15.4. The molecule has 0 saturated carbocycles. The van der Waals surface area contributed by atoms with Gasteiger partial charge in [-0.15, -0.1) is 21.5 Å². The fraction of sp³-hybridized carbons (Fsp3) is 0.200. The van der Waals surface area contributed by atoms with Crippen molar-refractivity contribution >= 4 is 39.6 Å². The van der Waals surface area contributed by atoms with Gasteiger partial charge in [-0.3, -0.25) is 0 Å². The molecule has 4 heterocycles. The molecule has 0 aliphatic heterocycles. The molecule has 0 aliphatic rings. The van der Waals surface area contributed by atoms with Gasteiger partial charge in [0.25, 0.3) is 0 Å². The maximum Gasteiger partial charge on any atom is 0.238 e. The fourth-order valence-electron chi connectivity index (χ4n) is 2.03. The Bertz CT molecular complexity index is 902. The zero-order chi connectivity index (χ0) is 16.9. The van der Waals surface area contributed by atoms with E-state index in [-0.39, 0.29) is 0 Å². The number of anilines is 1. The van der Waals surface area contributed by atoms with Crippen LogP contribution in [0.5, 0.6) is 0 Å². The molecule has 4 rings (SSSR count). The molecule has 0 spiro atoms. The second-order valence-corrected chi connectivity index (χ2v) is 8.14. The van der Waals surface area contributed by atoms with Crippen molar-refractivity contribution in [2.24, 2.45) is 0 Å². The van der Waals surface area contributed by atoms with Crippen LogP contribution in [0.15, 0.2) is 49.2 Å². The lowest BCUT2D eigenvalue weighted by atomic mass is 10.3. The quantitative estimate of drug-likeness (QED) is 0.447. The Labute approximate surface area is 155 Å². The van der Waals surface area contributed by atoms with Crippen molar-refractivity contribution in [2.75, 3.05) is 11.9 Å². The van der Waals surface area contributed by atoms with Crippen molar-refractivity contribution in [1.82, 2.24) is 20.3 Å². The van der Waals surface area contributed by atoms with Gasteiger partial charge in [-0.1, -0.05) is 34.3 Å². The molecule has 25 heavy (non-hydrogen) atoms. The van der Waals surface area contributed by atoms with E-state index >= 15 is 0 Å². The number of aromatic nitrogens is 4. The molecule has 0 bridgehead atoms. The van der Waals surface area contributed by atoms with Crippen molar-refractivity contribution in [3.05, 3.63) is 46.7 Å². The van der Waals surface area contributed by atoms with E-state index in [0.717, 1.165) is 22.4 Å². The van der Waals surface area contributed by atoms with E-state index in [1.54, 1.807) is 29.7 Å². The molecule has 0 aromatic carbocycles. The van der Waals surface area contributed by atoms with Crippen molar-refractivity contribution in [1.29, 1.82) is 0 Å². The van der Waals surface area contributed by atoms with Gasteiger partial charge in [0.2, 0.25) is 16.8 Å². The van der Waals surface area contributed by atoms with E-state index in [0.29, 0.717) is 23.2 Å². The standard InChI is InChI=1S/C15H13N5O2S3/c1-4-11(21-7-1)13-17-12(22-20-13)9-24-15-19-18-14(25-15)16-6-5-10-3-2-8-23-10/h1-4,7-8H,5-6,9H2,(H,16,18). The summed E-state index contributed by atoms with van der Waals surface area (Å²) in [6, 6.07) is 7.78. The first-order valence-electron chi connectivity index (χ1n) is 7.46. The topological polar surface area (TPSA) is 89.9 Å². The van der Waals surface area contributed by atoms with Gasteiger partial charge in [0.05, 0.1) is 12.0 Å². The number of nitrogens with one attached hydrogen (secondary N) is 1. The van der Waals surface area contributed by atoms with Gasteiger partial charge < -0.3 is 14.3 Å².